The quantitative estimate of drug-likeness (QED) is 0.852. The minimum absolute atomic E-state index is 0.0955. The van der Waals surface area contributed by atoms with Gasteiger partial charge in [-0.1, -0.05) is 30.0 Å². The third-order valence-electron chi connectivity index (χ3n) is 4.44. The van der Waals surface area contributed by atoms with Gasteiger partial charge in [0.15, 0.2) is 16.7 Å². The molecule has 2 aromatic carbocycles. The van der Waals surface area contributed by atoms with Gasteiger partial charge < -0.3 is 20.2 Å². The predicted molar refractivity (Wildman–Crippen MR) is 104 cm³/mol. The van der Waals surface area contributed by atoms with Crippen molar-refractivity contribution in [2.24, 2.45) is 4.99 Å². The van der Waals surface area contributed by atoms with Crippen molar-refractivity contribution in [2.45, 2.75) is 6.04 Å². The van der Waals surface area contributed by atoms with E-state index in [0.29, 0.717) is 17.2 Å². The second kappa shape index (κ2) is 6.55. The van der Waals surface area contributed by atoms with E-state index in [1.807, 2.05) is 29.4 Å². The molecular weight excluding hydrogens is 364 g/mol. The number of nitrogens with zero attached hydrogens (tertiary/aromatic N) is 2. The summed E-state index contributed by atoms with van der Waals surface area (Å²) >= 11 is 1.40. The molecule has 27 heavy (non-hydrogen) atoms. The maximum atomic E-state index is 12.4. The highest BCUT2D eigenvalue weighted by Crippen LogP contribution is 2.38. The van der Waals surface area contributed by atoms with Crippen molar-refractivity contribution in [3.8, 4) is 11.5 Å². The van der Waals surface area contributed by atoms with Crippen molar-refractivity contribution >= 4 is 34.2 Å². The highest BCUT2D eigenvalue weighted by molar-refractivity contribution is 8.14. The van der Waals surface area contributed by atoms with E-state index in [4.69, 9.17) is 14.5 Å². The van der Waals surface area contributed by atoms with Gasteiger partial charge in [0.1, 0.15) is 0 Å². The number of para-hydroxylation sites is 1. The number of ether oxygens (including phenoxy) is 2. The maximum Gasteiger partial charge on any atom is 0.234 e. The number of nitrogens with one attached hydrogen (secondary N) is 2. The normalized spacial score (nSPS) is 18.4. The molecule has 0 spiro atoms. The first-order chi connectivity index (χ1) is 13.3. The molecule has 0 saturated heterocycles. The van der Waals surface area contributed by atoms with E-state index < -0.39 is 0 Å². The molecule has 0 saturated carbocycles. The van der Waals surface area contributed by atoms with Crippen molar-refractivity contribution in [1.82, 2.24) is 10.4 Å². The van der Waals surface area contributed by atoms with Crippen LogP contribution in [0.25, 0.3) is 0 Å². The molecule has 136 valence electrons. The molecule has 2 N–H and O–H groups in total. The number of hydrazine groups is 1. The molecule has 2 aromatic rings. The Hall–Kier alpha value is -3.13. The van der Waals surface area contributed by atoms with Crippen molar-refractivity contribution in [1.29, 1.82) is 0 Å². The van der Waals surface area contributed by atoms with E-state index in [-0.39, 0.29) is 24.5 Å². The Labute approximate surface area is 160 Å². The van der Waals surface area contributed by atoms with Gasteiger partial charge in [0, 0.05) is 23.5 Å². The molecule has 5 rings (SSSR count). The van der Waals surface area contributed by atoms with Gasteiger partial charge in [-0.3, -0.25) is 9.80 Å². The van der Waals surface area contributed by atoms with Gasteiger partial charge in [-0.05, 0) is 24.3 Å². The Kier molecular flexibility index (Phi) is 3.90. The number of hydrogen-bond acceptors (Lipinski definition) is 7. The van der Waals surface area contributed by atoms with Gasteiger partial charge in [-0.25, -0.2) is 4.99 Å². The second-order valence-corrected chi connectivity index (χ2v) is 7.10. The predicted octanol–water partition coefficient (Wildman–Crippen LogP) is 3.16. The number of benzene rings is 2. The molecule has 0 radical (unpaired) electrons. The van der Waals surface area contributed by atoms with Crippen molar-refractivity contribution in [3.05, 3.63) is 60.3 Å². The summed E-state index contributed by atoms with van der Waals surface area (Å²) < 4.78 is 10.6. The van der Waals surface area contributed by atoms with Crippen LogP contribution in [0.1, 0.15) is 11.6 Å². The molecule has 1 unspecified atom stereocenters. The van der Waals surface area contributed by atoms with Crippen LogP contribution in [0.4, 0.5) is 11.4 Å². The molecule has 1 amide bonds. The molecule has 1 atom stereocenters. The fraction of sp³-hybridized carbons (Fsp3) is 0.158. The summed E-state index contributed by atoms with van der Waals surface area (Å²) in [5.41, 5.74) is 5.95. The maximum absolute atomic E-state index is 12.4. The van der Waals surface area contributed by atoms with Crippen LogP contribution >= 0.6 is 11.8 Å². The monoisotopic (exact) mass is 380 g/mol. The van der Waals surface area contributed by atoms with Crippen LogP contribution in [0.2, 0.25) is 0 Å². The Bertz CT molecular complexity index is 975. The molecular formula is C19H16N4O3S. The number of fused-ring (bicyclic) bond motifs is 4. The van der Waals surface area contributed by atoms with Crippen LogP contribution in [0, 0.1) is 0 Å². The van der Waals surface area contributed by atoms with Gasteiger partial charge in [0.05, 0.1) is 17.5 Å². The number of rotatable bonds is 3. The van der Waals surface area contributed by atoms with Gasteiger partial charge in [-0.2, -0.15) is 0 Å². The van der Waals surface area contributed by atoms with E-state index in [1.54, 1.807) is 18.2 Å². The fourth-order valence-electron chi connectivity index (χ4n) is 3.20. The first kappa shape index (κ1) is 16.1. The van der Waals surface area contributed by atoms with Crippen LogP contribution in [-0.4, -0.2) is 28.6 Å². The molecule has 0 aromatic heterocycles. The zero-order valence-corrected chi connectivity index (χ0v) is 15.0. The lowest BCUT2D eigenvalue weighted by atomic mass is 10.0. The zero-order valence-electron chi connectivity index (χ0n) is 14.2. The van der Waals surface area contributed by atoms with Crippen molar-refractivity contribution in [3.63, 3.8) is 0 Å². The summed E-state index contributed by atoms with van der Waals surface area (Å²) in [7, 11) is 0. The van der Waals surface area contributed by atoms with Crippen LogP contribution in [0.15, 0.2) is 59.7 Å². The number of aliphatic imine (C=N–C) groups is 1. The molecule has 8 heteroatoms. The number of thioether (sulfide) groups is 1. The molecule has 3 aliphatic rings. The number of hydrogen-bond donors (Lipinski definition) is 2. The minimum atomic E-state index is -0.107. The number of anilines is 1. The average molecular weight is 380 g/mol. The lowest BCUT2D eigenvalue weighted by Crippen LogP contribution is -2.39. The summed E-state index contributed by atoms with van der Waals surface area (Å²) in [5.74, 6) is 1.48. The van der Waals surface area contributed by atoms with E-state index in [1.165, 1.54) is 11.8 Å². The van der Waals surface area contributed by atoms with E-state index in [2.05, 4.69) is 22.9 Å². The lowest BCUT2D eigenvalue weighted by Gasteiger charge is -2.31. The molecule has 3 heterocycles. The summed E-state index contributed by atoms with van der Waals surface area (Å²) in [4.78, 5) is 17.1. The summed E-state index contributed by atoms with van der Waals surface area (Å²) in [6.45, 7) is 0.210. The first-order valence-corrected chi connectivity index (χ1v) is 9.48. The Balaban J connectivity index is 1.27. The highest BCUT2D eigenvalue weighted by atomic mass is 32.2. The van der Waals surface area contributed by atoms with Crippen LogP contribution < -0.4 is 20.2 Å². The van der Waals surface area contributed by atoms with Crippen LogP contribution in [0.3, 0.4) is 0 Å². The minimum Gasteiger partial charge on any atom is -0.454 e. The highest BCUT2D eigenvalue weighted by Gasteiger charge is 2.31. The molecule has 7 nitrogen and oxygen atoms in total. The van der Waals surface area contributed by atoms with E-state index in [9.17, 15) is 4.79 Å². The molecule has 0 bridgehead atoms. The second-order valence-electron chi connectivity index (χ2n) is 6.16. The first-order valence-electron chi connectivity index (χ1n) is 8.50. The standard InChI is InChI=1S/C19H16N4O3S/c24-18(21-12-5-6-16-17(9-12)26-11-25-16)10-27-19-22-14-4-2-1-3-13(14)15-7-8-20-23(15)19/h1-9,15,20H,10-11H2,(H,21,24). The molecule has 0 aliphatic carbocycles. The summed E-state index contributed by atoms with van der Waals surface area (Å²) in [6, 6.07) is 13.5. The largest absolute Gasteiger partial charge is 0.454 e. The number of carbonyl (C=O) groups excluding carboxylic acids is 1. The topological polar surface area (TPSA) is 75.2 Å². The van der Waals surface area contributed by atoms with Gasteiger partial charge >= 0.3 is 0 Å². The Morgan fingerprint density at radius 1 is 1.26 bits per heavy atom. The SMILES string of the molecule is O=C(CSC1=Nc2ccccc2C2C=CNN12)Nc1ccc2c(c1)OCO2. The van der Waals surface area contributed by atoms with Gasteiger partial charge in [0.2, 0.25) is 12.7 Å². The summed E-state index contributed by atoms with van der Waals surface area (Å²) in [6.07, 6.45) is 3.98. The van der Waals surface area contributed by atoms with Gasteiger partial charge in [-0.15, -0.1) is 0 Å². The number of amides is 1. The lowest BCUT2D eigenvalue weighted by molar-refractivity contribution is -0.113. The Morgan fingerprint density at radius 2 is 2.15 bits per heavy atom. The average Bonchev–Trinajstić information content (AvgIpc) is 3.35. The molecule has 3 aliphatic heterocycles. The van der Waals surface area contributed by atoms with Crippen molar-refractivity contribution in [2.75, 3.05) is 17.9 Å². The van der Waals surface area contributed by atoms with E-state index >= 15 is 0 Å². The number of amidine groups is 1. The molecule has 0 fully saturated rings. The smallest absolute Gasteiger partial charge is 0.234 e. The number of carbonyl (C=O) groups is 1. The third-order valence-corrected chi connectivity index (χ3v) is 5.39. The van der Waals surface area contributed by atoms with Gasteiger partial charge in [0.25, 0.3) is 0 Å². The van der Waals surface area contributed by atoms with Crippen LogP contribution in [0.5, 0.6) is 11.5 Å². The van der Waals surface area contributed by atoms with Crippen molar-refractivity contribution < 1.29 is 14.3 Å². The summed E-state index contributed by atoms with van der Waals surface area (Å²) in [5, 5.41) is 5.63. The Morgan fingerprint density at radius 3 is 3.11 bits per heavy atom. The fourth-order valence-corrected chi connectivity index (χ4v) is 4.00. The third kappa shape index (κ3) is 2.97. The van der Waals surface area contributed by atoms with E-state index in [0.717, 1.165) is 16.4 Å². The van der Waals surface area contributed by atoms with Crippen LogP contribution in [-0.2, 0) is 4.79 Å². The zero-order chi connectivity index (χ0) is 18.2.